The predicted molar refractivity (Wildman–Crippen MR) is 59.4 cm³/mol. The zero-order valence-corrected chi connectivity index (χ0v) is 9.33. The predicted octanol–water partition coefficient (Wildman–Crippen LogP) is 2.93. The molecule has 0 aliphatic heterocycles. The summed E-state index contributed by atoms with van der Waals surface area (Å²) in [6, 6.07) is 4.57. The van der Waals surface area contributed by atoms with E-state index in [9.17, 15) is 23.3 Å². The van der Waals surface area contributed by atoms with Gasteiger partial charge in [0.1, 0.15) is 0 Å². The van der Waals surface area contributed by atoms with E-state index in [-0.39, 0.29) is 12.1 Å². The number of hydrogen-bond donors (Lipinski definition) is 1. The third kappa shape index (κ3) is 4.52. The number of benzene rings is 1. The number of hydrogen-bond acceptors (Lipinski definition) is 3. The van der Waals surface area contributed by atoms with Crippen molar-refractivity contribution < 1.29 is 18.1 Å². The SMILES string of the molecule is N=C(CCc1ccc(C(F)(F)F)cc1)C[N+](=O)[O-]. The first kappa shape index (κ1) is 14.1. The molecule has 0 saturated carbocycles. The van der Waals surface area contributed by atoms with Crippen LogP contribution < -0.4 is 0 Å². The monoisotopic (exact) mass is 260 g/mol. The summed E-state index contributed by atoms with van der Waals surface area (Å²) in [4.78, 5) is 9.51. The molecule has 1 N–H and O–H groups in total. The van der Waals surface area contributed by atoms with Gasteiger partial charge >= 0.3 is 6.18 Å². The van der Waals surface area contributed by atoms with E-state index >= 15 is 0 Å². The molecular formula is C11H11F3N2O2. The second-order valence-corrected chi connectivity index (χ2v) is 3.79. The van der Waals surface area contributed by atoms with Crippen LogP contribution in [0.25, 0.3) is 0 Å². The molecule has 0 fully saturated rings. The molecule has 18 heavy (non-hydrogen) atoms. The Morgan fingerprint density at radius 2 is 1.83 bits per heavy atom. The number of aryl methyl sites for hydroxylation is 1. The molecule has 1 aromatic rings. The Morgan fingerprint density at radius 1 is 1.28 bits per heavy atom. The minimum atomic E-state index is -4.36. The second kappa shape index (κ2) is 5.61. The fourth-order valence-electron chi connectivity index (χ4n) is 1.39. The van der Waals surface area contributed by atoms with E-state index in [4.69, 9.17) is 5.41 Å². The molecule has 0 spiro atoms. The summed E-state index contributed by atoms with van der Waals surface area (Å²) >= 11 is 0. The minimum Gasteiger partial charge on any atom is -0.303 e. The van der Waals surface area contributed by atoms with Crippen molar-refractivity contribution in [3.8, 4) is 0 Å². The number of rotatable bonds is 5. The van der Waals surface area contributed by atoms with Gasteiger partial charge in [-0.05, 0) is 30.5 Å². The molecule has 0 aliphatic carbocycles. The van der Waals surface area contributed by atoms with E-state index in [1.165, 1.54) is 12.1 Å². The lowest BCUT2D eigenvalue weighted by atomic mass is 10.1. The van der Waals surface area contributed by atoms with Gasteiger partial charge in [0.15, 0.2) is 0 Å². The third-order valence-electron chi connectivity index (χ3n) is 2.32. The molecule has 0 atom stereocenters. The van der Waals surface area contributed by atoms with Crippen molar-refractivity contribution in [2.75, 3.05) is 6.54 Å². The molecule has 0 amide bonds. The van der Waals surface area contributed by atoms with E-state index in [0.29, 0.717) is 12.0 Å². The fraction of sp³-hybridized carbons (Fsp3) is 0.364. The summed E-state index contributed by atoms with van der Waals surface area (Å²) in [5, 5.41) is 17.4. The molecule has 4 nitrogen and oxygen atoms in total. The van der Waals surface area contributed by atoms with Crippen LogP contribution in [0.1, 0.15) is 17.5 Å². The Balaban J connectivity index is 2.54. The van der Waals surface area contributed by atoms with Crippen LogP contribution in [0, 0.1) is 15.5 Å². The second-order valence-electron chi connectivity index (χ2n) is 3.79. The van der Waals surface area contributed by atoms with Crippen molar-refractivity contribution in [1.82, 2.24) is 0 Å². The van der Waals surface area contributed by atoms with Gasteiger partial charge in [-0.25, -0.2) is 0 Å². The van der Waals surface area contributed by atoms with Crippen molar-refractivity contribution in [2.45, 2.75) is 19.0 Å². The van der Waals surface area contributed by atoms with Crippen molar-refractivity contribution >= 4 is 5.71 Å². The number of nitro groups is 1. The van der Waals surface area contributed by atoms with Crippen molar-refractivity contribution in [3.63, 3.8) is 0 Å². The number of halogens is 3. The molecule has 0 bridgehead atoms. The Labute approximate surface area is 101 Å². The quantitative estimate of drug-likeness (QED) is 0.502. The van der Waals surface area contributed by atoms with Gasteiger partial charge in [0.2, 0.25) is 6.54 Å². The van der Waals surface area contributed by atoms with E-state index in [2.05, 4.69) is 0 Å². The van der Waals surface area contributed by atoms with Gasteiger partial charge in [0, 0.05) is 4.92 Å². The van der Waals surface area contributed by atoms with E-state index in [0.717, 1.165) is 12.1 Å². The lowest BCUT2D eigenvalue weighted by Gasteiger charge is -2.07. The summed E-state index contributed by atoms with van der Waals surface area (Å²) in [7, 11) is 0. The van der Waals surface area contributed by atoms with Crippen LogP contribution >= 0.6 is 0 Å². The summed E-state index contributed by atoms with van der Waals surface area (Å²) < 4.78 is 36.8. The van der Waals surface area contributed by atoms with E-state index in [1.54, 1.807) is 0 Å². The van der Waals surface area contributed by atoms with Gasteiger partial charge in [0.05, 0.1) is 11.3 Å². The van der Waals surface area contributed by atoms with Gasteiger partial charge < -0.3 is 5.41 Å². The first-order chi connectivity index (χ1) is 8.29. The molecule has 7 heteroatoms. The highest BCUT2D eigenvalue weighted by atomic mass is 19.4. The van der Waals surface area contributed by atoms with Crippen LogP contribution in [-0.4, -0.2) is 17.2 Å². The van der Waals surface area contributed by atoms with E-state index < -0.39 is 23.2 Å². The summed E-state index contributed by atoms with van der Waals surface area (Å²) in [5.74, 6) is 0. The van der Waals surface area contributed by atoms with Gasteiger partial charge in [0.25, 0.3) is 0 Å². The van der Waals surface area contributed by atoms with Crippen molar-refractivity contribution in [3.05, 3.63) is 45.5 Å². The van der Waals surface area contributed by atoms with Gasteiger partial charge in [-0.15, -0.1) is 0 Å². The van der Waals surface area contributed by atoms with Gasteiger partial charge in [-0.1, -0.05) is 12.1 Å². The molecule has 1 rings (SSSR count). The maximum absolute atomic E-state index is 12.3. The maximum Gasteiger partial charge on any atom is 0.416 e. The first-order valence-corrected chi connectivity index (χ1v) is 5.13. The zero-order valence-electron chi connectivity index (χ0n) is 9.33. The molecule has 0 saturated heterocycles. The Bertz CT molecular complexity index is 441. The third-order valence-corrected chi connectivity index (χ3v) is 2.32. The highest BCUT2D eigenvalue weighted by Gasteiger charge is 2.29. The molecule has 1 aromatic carbocycles. The minimum absolute atomic E-state index is 0.0418. The standard InChI is InChI=1S/C11H11F3N2O2/c12-11(13,14)9-4-1-8(2-5-9)3-6-10(15)7-16(17)18/h1-2,4-5,15H,3,6-7H2. The lowest BCUT2D eigenvalue weighted by molar-refractivity contribution is -0.463. The highest BCUT2D eigenvalue weighted by molar-refractivity contribution is 5.82. The normalized spacial score (nSPS) is 11.3. The maximum atomic E-state index is 12.3. The molecule has 0 aliphatic rings. The lowest BCUT2D eigenvalue weighted by Crippen LogP contribution is -2.13. The summed E-state index contributed by atoms with van der Waals surface area (Å²) in [5.41, 5.74) is -0.150. The van der Waals surface area contributed by atoms with Crippen molar-refractivity contribution in [1.29, 1.82) is 5.41 Å². The molecule has 0 radical (unpaired) electrons. The molecule has 0 heterocycles. The van der Waals surface area contributed by atoms with Gasteiger partial charge in [-0.2, -0.15) is 13.2 Å². The van der Waals surface area contributed by atoms with E-state index in [1.807, 2.05) is 0 Å². The smallest absolute Gasteiger partial charge is 0.303 e. The largest absolute Gasteiger partial charge is 0.416 e. The molecule has 98 valence electrons. The fourth-order valence-corrected chi connectivity index (χ4v) is 1.39. The van der Waals surface area contributed by atoms with Gasteiger partial charge in [-0.3, -0.25) is 10.1 Å². The van der Waals surface area contributed by atoms with Crippen LogP contribution in [0.2, 0.25) is 0 Å². The van der Waals surface area contributed by atoms with Crippen LogP contribution in [0.15, 0.2) is 24.3 Å². The van der Waals surface area contributed by atoms with Crippen LogP contribution in [0.5, 0.6) is 0 Å². The number of nitrogens with one attached hydrogen (secondary N) is 1. The van der Waals surface area contributed by atoms with Crippen LogP contribution in [0.4, 0.5) is 13.2 Å². The average Bonchev–Trinajstić information content (AvgIpc) is 2.25. The highest BCUT2D eigenvalue weighted by Crippen LogP contribution is 2.29. The van der Waals surface area contributed by atoms with Crippen LogP contribution in [-0.2, 0) is 12.6 Å². The zero-order chi connectivity index (χ0) is 13.8. The molecule has 0 aromatic heterocycles. The van der Waals surface area contributed by atoms with Crippen LogP contribution in [0.3, 0.4) is 0 Å². The topological polar surface area (TPSA) is 67.0 Å². The molecule has 0 unspecified atom stereocenters. The Kier molecular flexibility index (Phi) is 4.41. The average molecular weight is 260 g/mol. The Morgan fingerprint density at radius 3 is 2.28 bits per heavy atom. The Hall–Kier alpha value is -1.92. The first-order valence-electron chi connectivity index (χ1n) is 5.13. The summed E-state index contributed by atoms with van der Waals surface area (Å²) in [6.45, 7) is -0.527. The summed E-state index contributed by atoms with van der Waals surface area (Å²) in [6.07, 6.45) is -3.87. The number of alkyl halides is 3. The molecular weight excluding hydrogens is 249 g/mol. The van der Waals surface area contributed by atoms with Crippen molar-refractivity contribution in [2.24, 2.45) is 0 Å². The number of nitrogens with zero attached hydrogens (tertiary/aromatic N) is 1.